The van der Waals surface area contributed by atoms with Gasteiger partial charge in [0.2, 0.25) is 5.91 Å². The topological polar surface area (TPSA) is 78.0 Å². The largest absolute Gasteiger partial charge is 0.364 e. The van der Waals surface area contributed by atoms with Crippen LogP contribution < -0.4 is 5.73 Å². The third kappa shape index (κ3) is 1.26. The van der Waals surface area contributed by atoms with Crippen LogP contribution in [0.2, 0.25) is 0 Å². The van der Waals surface area contributed by atoms with Gasteiger partial charge in [-0.05, 0) is 6.07 Å². The molecule has 0 aromatic carbocycles. The molecule has 11 heavy (non-hydrogen) atoms. The SMILES string of the molecule is CC(=O)n1nccc1C(N)=O. The minimum Gasteiger partial charge on any atom is -0.364 e. The second-order valence-corrected chi connectivity index (χ2v) is 2.01. The number of carbonyl (C=O) groups excluding carboxylic acids is 2. The molecule has 0 unspecified atom stereocenters. The highest BCUT2D eigenvalue weighted by molar-refractivity contribution is 5.94. The lowest BCUT2D eigenvalue weighted by molar-refractivity contribution is 0.0890. The maximum atomic E-state index is 10.7. The summed E-state index contributed by atoms with van der Waals surface area (Å²) in [7, 11) is 0. The molecular weight excluding hydrogens is 146 g/mol. The van der Waals surface area contributed by atoms with E-state index in [2.05, 4.69) is 5.10 Å². The standard InChI is InChI=1S/C6H7N3O2/c1-4(10)9-5(6(7)11)2-3-8-9/h2-3H,1H3,(H2,7,11). The van der Waals surface area contributed by atoms with Crippen molar-refractivity contribution in [2.75, 3.05) is 0 Å². The Morgan fingerprint density at radius 1 is 1.64 bits per heavy atom. The number of nitrogens with two attached hydrogens (primary N) is 1. The van der Waals surface area contributed by atoms with Gasteiger partial charge in [0, 0.05) is 6.92 Å². The van der Waals surface area contributed by atoms with Crippen molar-refractivity contribution < 1.29 is 9.59 Å². The van der Waals surface area contributed by atoms with E-state index in [-0.39, 0.29) is 11.6 Å². The van der Waals surface area contributed by atoms with Crippen LogP contribution in [-0.4, -0.2) is 21.6 Å². The highest BCUT2D eigenvalue weighted by Crippen LogP contribution is 1.96. The molecule has 1 aromatic heterocycles. The first kappa shape index (κ1) is 7.46. The number of primary amides is 1. The first-order valence-corrected chi connectivity index (χ1v) is 2.97. The molecule has 2 N–H and O–H groups in total. The Morgan fingerprint density at radius 3 is 2.64 bits per heavy atom. The summed E-state index contributed by atoms with van der Waals surface area (Å²) in [6.45, 7) is 1.30. The Balaban J connectivity index is 3.16. The quantitative estimate of drug-likeness (QED) is 0.598. The summed E-state index contributed by atoms with van der Waals surface area (Å²) in [5, 5.41) is 3.60. The van der Waals surface area contributed by atoms with Crippen LogP contribution in [-0.2, 0) is 0 Å². The molecule has 0 bridgehead atoms. The lowest BCUT2D eigenvalue weighted by Crippen LogP contribution is -2.20. The summed E-state index contributed by atoms with van der Waals surface area (Å²) in [5.74, 6) is -0.985. The molecule has 0 aliphatic heterocycles. The highest BCUT2D eigenvalue weighted by atomic mass is 16.2. The van der Waals surface area contributed by atoms with Crippen molar-refractivity contribution in [2.45, 2.75) is 6.92 Å². The summed E-state index contributed by atoms with van der Waals surface area (Å²) in [5.41, 5.74) is 5.05. The van der Waals surface area contributed by atoms with Crippen LogP contribution in [0.5, 0.6) is 0 Å². The van der Waals surface area contributed by atoms with Gasteiger partial charge in [-0.1, -0.05) is 0 Å². The van der Waals surface area contributed by atoms with Gasteiger partial charge in [0.1, 0.15) is 5.69 Å². The zero-order valence-electron chi connectivity index (χ0n) is 5.94. The van der Waals surface area contributed by atoms with Crippen molar-refractivity contribution in [3.63, 3.8) is 0 Å². The van der Waals surface area contributed by atoms with Crippen molar-refractivity contribution in [1.82, 2.24) is 9.78 Å². The molecule has 5 heteroatoms. The van der Waals surface area contributed by atoms with E-state index in [1.165, 1.54) is 19.2 Å². The molecule has 1 amide bonds. The Kier molecular flexibility index (Phi) is 1.72. The molecule has 1 rings (SSSR count). The van der Waals surface area contributed by atoms with Gasteiger partial charge in [-0.3, -0.25) is 9.59 Å². The number of nitrogens with zero attached hydrogens (tertiary/aromatic N) is 2. The third-order valence-electron chi connectivity index (χ3n) is 1.19. The van der Waals surface area contributed by atoms with Crippen molar-refractivity contribution in [2.24, 2.45) is 5.73 Å². The maximum absolute atomic E-state index is 10.7. The van der Waals surface area contributed by atoms with Crippen LogP contribution in [0.15, 0.2) is 12.3 Å². The minimum absolute atomic E-state index is 0.109. The molecule has 0 saturated heterocycles. The number of aromatic nitrogens is 2. The molecule has 0 fully saturated rings. The van der Waals surface area contributed by atoms with Gasteiger partial charge in [0.25, 0.3) is 5.91 Å². The fraction of sp³-hybridized carbons (Fsp3) is 0.167. The molecule has 0 aliphatic rings. The average Bonchev–Trinajstić information content (AvgIpc) is 2.32. The third-order valence-corrected chi connectivity index (χ3v) is 1.19. The van der Waals surface area contributed by atoms with E-state index in [4.69, 9.17) is 5.73 Å². The van der Waals surface area contributed by atoms with Crippen molar-refractivity contribution in [3.8, 4) is 0 Å². The summed E-state index contributed by atoms with van der Waals surface area (Å²) < 4.78 is 0.961. The van der Waals surface area contributed by atoms with Crippen LogP contribution in [0.3, 0.4) is 0 Å². The van der Waals surface area contributed by atoms with Crippen LogP contribution in [0.4, 0.5) is 0 Å². The first-order valence-electron chi connectivity index (χ1n) is 2.97. The molecule has 0 radical (unpaired) electrons. The summed E-state index contributed by atoms with van der Waals surface area (Å²) in [6.07, 6.45) is 1.35. The zero-order chi connectivity index (χ0) is 8.43. The van der Waals surface area contributed by atoms with Crippen LogP contribution in [0.1, 0.15) is 22.2 Å². The Labute approximate surface area is 62.8 Å². The fourth-order valence-electron chi connectivity index (χ4n) is 0.741. The molecular formula is C6H7N3O2. The van der Waals surface area contributed by atoms with Gasteiger partial charge in [-0.2, -0.15) is 9.78 Å². The van der Waals surface area contributed by atoms with Gasteiger partial charge >= 0.3 is 0 Å². The molecule has 1 heterocycles. The highest BCUT2D eigenvalue weighted by Gasteiger charge is 2.09. The van der Waals surface area contributed by atoms with E-state index in [1.54, 1.807) is 0 Å². The number of hydrogen-bond acceptors (Lipinski definition) is 3. The number of carbonyl (C=O) groups is 2. The number of amides is 1. The van der Waals surface area contributed by atoms with E-state index in [0.717, 1.165) is 4.68 Å². The molecule has 0 atom stereocenters. The molecule has 0 spiro atoms. The van der Waals surface area contributed by atoms with Gasteiger partial charge in [0.15, 0.2) is 0 Å². The average molecular weight is 153 g/mol. The van der Waals surface area contributed by atoms with Crippen LogP contribution in [0, 0.1) is 0 Å². The van der Waals surface area contributed by atoms with E-state index >= 15 is 0 Å². The number of hydrogen-bond donors (Lipinski definition) is 1. The minimum atomic E-state index is -0.655. The predicted molar refractivity (Wildman–Crippen MR) is 37.0 cm³/mol. The first-order chi connectivity index (χ1) is 5.13. The summed E-state index contributed by atoms with van der Waals surface area (Å²) in [4.78, 5) is 21.3. The molecule has 58 valence electrons. The normalized spacial score (nSPS) is 9.55. The predicted octanol–water partition coefficient (Wildman–Crippen LogP) is -0.358. The lowest BCUT2D eigenvalue weighted by atomic mass is 10.4. The Bertz CT molecular complexity index is 274. The number of rotatable bonds is 1. The molecule has 1 aromatic rings. The second-order valence-electron chi connectivity index (χ2n) is 2.01. The van der Waals surface area contributed by atoms with Crippen molar-refractivity contribution >= 4 is 11.8 Å². The van der Waals surface area contributed by atoms with E-state index in [1.807, 2.05) is 0 Å². The van der Waals surface area contributed by atoms with Gasteiger partial charge < -0.3 is 5.73 Å². The van der Waals surface area contributed by atoms with Gasteiger partial charge in [-0.15, -0.1) is 0 Å². The maximum Gasteiger partial charge on any atom is 0.267 e. The molecule has 0 saturated carbocycles. The van der Waals surface area contributed by atoms with Crippen LogP contribution in [0.25, 0.3) is 0 Å². The van der Waals surface area contributed by atoms with Crippen molar-refractivity contribution in [3.05, 3.63) is 18.0 Å². The zero-order valence-corrected chi connectivity index (χ0v) is 5.94. The smallest absolute Gasteiger partial charge is 0.267 e. The lowest BCUT2D eigenvalue weighted by Gasteiger charge is -1.96. The molecule has 0 aliphatic carbocycles. The van der Waals surface area contributed by atoms with Gasteiger partial charge in [-0.25, -0.2) is 0 Å². The Hall–Kier alpha value is -1.65. The van der Waals surface area contributed by atoms with E-state index in [0.29, 0.717) is 0 Å². The summed E-state index contributed by atoms with van der Waals surface area (Å²) >= 11 is 0. The summed E-state index contributed by atoms with van der Waals surface area (Å²) in [6, 6.07) is 1.39. The fourth-order valence-corrected chi connectivity index (χ4v) is 0.741. The van der Waals surface area contributed by atoms with E-state index < -0.39 is 5.91 Å². The Morgan fingerprint density at radius 2 is 2.27 bits per heavy atom. The monoisotopic (exact) mass is 153 g/mol. The van der Waals surface area contributed by atoms with Crippen LogP contribution >= 0.6 is 0 Å². The second kappa shape index (κ2) is 2.53. The van der Waals surface area contributed by atoms with Gasteiger partial charge in [0.05, 0.1) is 6.20 Å². The van der Waals surface area contributed by atoms with Crippen molar-refractivity contribution in [1.29, 1.82) is 0 Å². The van der Waals surface area contributed by atoms with E-state index in [9.17, 15) is 9.59 Å². The molecule has 5 nitrogen and oxygen atoms in total.